The maximum absolute atomic E-state index is 12.8. The van der Waals surface area contributed by atoms with Crippen LogP contribution in [-0.4, -0.2) is 47.6 Å². The zero-order valence-electron chi connectivity index (χ0n) is 13.5. The van der Waals surface area contributed by atoms with Gasteiger partial charge in [0.15, 0.2) is 0 Å². The summed E-state index contributed by atoms with van der Waals surface area (Å²) in [6.07, 6.45) is 3.27. The molecule has 2 amide bonds. The molecule has 1 aromatic rings. The highest BCUT2D eigenvalue weighted by Gasteiger charge is 2.39. The van der Waals surface area contributed by atoms with Gasteiger partial charge >= 0.3 is 0 Å². The molecule has 124 valence electrons. The second-order valence-electron chi connectivity index (χ2n) is 6.54. The molecule has 2 aliphatic rings. The first-order chi connectivity index (χ1) is 11.1. The third-order valence-corrected chi connectivity index (χ3v) is 5.09. The number of carbonyl (C=O) groups excluding carboxylic acids is 2. The van der Waals surface area contributed by atoms with E-state index in [1.807, 2.05) is 30.3 Å². The molecule has 1 N–H and O–H groups in total. The van der Waals surface area contributed by atoms with Crippen molar-refractivity contribution >= 4 is 17.5 Å². The minimum atomic E-state index is -0.561. The standard InChI is InChI=1S/C18H24N2O3/c1-19(17(22)14-9-5-11-16(14)21)15-10-6-12-20(18(15)23)13-7-3-2-4-8-13/h2-4,7-8,14-16,21H,5-6,9-12H2,1H3. The van der Waals surface area contributed by atoms with E-state index >= 15 is 0 Å². The summed E-state index contributed by atoms with van der Waals surface area (Å²) in [5.41, 5.74) is 0.879. The van der Waals surface area contributed by atoms with Gasteiger partial charge in [0.05, 0.1) is 12.0 Å². The second kappa shape index (κ2) is 6.71. The molecule has 0 aromatic heterocycles. The van der Waals surface area contributed by atoms with E-state index in [4.69, 9.17) is 0 Å². The molecular weight excluding hydrogens is 292 g/mol. The summed E-state index contributed by atoms with van der Waals surface area (Å²) in [6, 6.07) is 9.16. The first-order valence-electron chi connectivity index (χ1n) is 8.41. The summed E-state index contributed by atoms with van der Waals surface area (Å²) >= 11 is 0. The van der Waals surface area contributed by atoms with Crippen LogP contribution in [0.1, 0.15) is 32.1 Å². The quantitative estimate of drug-likeness (QED) is 0.925. The largest absolute Gasteiger partial charge is 0.392 e. The molecule has 1 aliphatic heterocycles. The lowest BCUT2D eigenvalue weighted by atomic mass is 9.99. The topological polar surface area (TPSA) is 60.9 Å². The van der Waals surface area contributed by atoms with Gasteiger partial charge < -0.3 is 14.9 Å². The highest BCUT2D eigenvalue weighted by atomic mass is 16.3. The third kappa shape index (κ3) is 3.11. The van der Waals surface area contributed by atoms with Gasteiger partial charge in [-0.2, -0.15) is 0 Å². The SMILES string of the molecule is CN(C(=O)C1CCCC1O)C1CCCN(c2ccccc2)C1=O. The van der Waals surface area contributed by atoms with Crippen LogP contribution in [0.25, 0.3) is 0 Å². The van der Waals surface area contributed by atoms with Crippen molar-refractivity contribution < 1.29 is 14.7 Å². The predicted octanol–water partition coefficient (Wildman–Crippen LogP) is 1.80. The number of hydrogen-bond donors (Lipinski definition) is 1. The van der Waals surface area contributed by atoms with Gasteiger partial charge in [-0.1, -0.05) is 18.2 Å². The minimum absolute atomic E-state index is 0.0224. The number of rotatable bonds is 3. The predicted molar refractivity (Wildman–Crippen MR) is 87.9 cm³/mol. The van der Waals surface area contributed by atoms with Crippen molar-refractivity contribution in [2.24, 2.45) is 5.92 Å². The van der Waals surface area contributed by atoms with Gasteiger partial charge in [-0.3, -0.25) is 9.59 Å². The van der Waals surface area contributed by atoms with Crippen molar-refractivity contribution in [1.82, 2.24) is 4.90 Å². The summed E-state index contributed by atoms with van der Waals surface area (Å²) in [5.74, 6) is -0.464. The van der Waals surface area contributed by atoms with Crippen LogP contribution in [0.15, 0.2) is 30.3 Å². The molecule has 2 fully saturated rings. The second-order valence-corrected chi connectivity index (χ2v) is 6.54. The molecular formula is C18H24N2O3. The van der Waals surface area contributed by atoms with Crippen molar-refractivity contribution in [1.29, 1.82) is 0 Å². The van der Waals surface area contributed by atoms with Crippen molar-refractivity contribution in [3.8, 4) is 0 Å². The Balaban J connectivity index is 1.74. The van der Waals surface area contributed by atoms with Crippen LogP contribution in [0.3, 0.4) is 0 Å². The number of anilines is 1. The van der Waals surface area contributed by atoms with Crippen molar-refractivity contribution in [3.63, 3.8) is 0 Å². The fraction of sp³-hybridized carbons (Fsp3) is 0.556. The minimum Gasteiger partial charge on any atom is -0.392 e. The zero-order chi connectivity index (χ0) is 16.4. The monoisotopic (exact) mass is 316 g/mol. The molecule has 1 heterocycles. The van der Waals surface area contributed by atoms with Gasteiger partial charge in [-0.05, 0) is 44.2 Å². The van der Waals surface area contributed by atoms with E-state index in [1.165, 1.54) is 0 Å². The van der Waals surface area contributed by atoms with E-state index in [9.17, 15) is 14.7 Å². The Morgan fingerprint density at radius 1 is 1.17 bits per heavy atom. The normalized spacial score (nSPS) is 28.0. The summed E-state index contributed by atoms with van der Waals surface area (Å²) in [6.45, 7) is 0.688. The Morgan fingerprint density at radius 3 is 2.57 bits per heavy atom. The molecule has 5 heteroatoms. The van der Waals surface area contributed by atoms with E-state index in [2.05, 4.69) is 0 Å². The average Bonchev–Trinajstić information content (AvgIpc) is 3.00. The highest BCUT2D eigenvalue weighted by molar-refractivity contribution is 6.00. The molecule has 5 nitrogen and oxygen atoms in total. The van der Waals surface area contributed by atoms with Gasteiger partial charge in [0, 0.05) is 19.3 Å². The van der Waals surface area contributed by atoms with E-state index in [-0.39, 0.29) is 17.7 Å². The number of nitrogens with zero attached hydrogens (tertiary/aromatic N) is 2. The van der Waals surface area contributed by atoms with Gasteiger partial charge in [0.2, 0.25) is 11.8 Å². The molecule has 1 saturated carbocycles. The number of aliphatic hydroxyl groups is 1. The van der Waals surface area contributed by atoms with Crippen molar-refractivity contribution in [2.75, 3.05) is 18.5 Å². The number of benzene rings is 1. The fourth-order valence-electron chi connectivity index (χ4n) is 3.72. The lowest BCUT2D eigenvalue weighted by molar-refractivity contribution is -0.144. The van der Waals surface area contributed by atoms with Crippen molar-refractivity contribution in [3.05, 3.63) is 30.3 Å². The summed E-state index contributed by atoms with van der Waals surface area (Å²) in [5, 5.41) is 9.96. The van der Waals surface area contributed by atoms with Gasteiger partial charge in [-0.15, -0.1) is 0 Å². The molecule has 1 aliphatic carbocycles. The van der Waals surface area contributed by atoms with Crippen LogP contribution >= 0.6 is 0 Å². The maximum atomic E-state index is 12.8. The first kappa shape index (κ1) is 16.0. The summed E-state index contributed by atoms with van der Waals surface area (Å²) in [7, 11) is 1.70. The number of amides is 2. The zero-order valence-corrected chi connectivity index (χ0v) is 13.5. The number of likely N-dealkylation sites (N-methyl/N-ethyl adjacent to an activating group) is 1. The molecule has 0 spiro atoms. The molecule has 1 aromatic carbocycles. The third-order valence-electron chi connectivity index (χ3n) is 5.09. The van der Waals surface area contributed by atoms with E-state index in [0.29, 0.717) is 25.8 Å². The van der Waals surface area contributed by atoms with Crippen LogP contribution in [0.4, 0.5) is 5.69 Å². The smallest absolute Gasteiger partial charge is 0.249 e. The first-order valence-corrected chi connectivity index (χ1v) is 8.41. The Kier molecular flexibility index (Phi) is 4.66. The van der Waals surface area contributed by atoms with Crippen LogP contribution in [0.5, 0.6) is 0 Å². The maximum Gasteiger partial charge on any atom is 0.249 e. The Bertz CT molecular complexity index is 575. The Hall–Kier alpha value is -1.88. The van der Waals surface area contributed by atoms with E-state index < -0.39 is 12.1 Å². The highest BCUT2D eigenvalue weighted by Crippen LogP contribution is 2.29. The Morgan fingerprint density at radius 2 is 1.91 bits per heavy atom. The average molecular weight is 316 g/mol. The molecule has 3 unspecified atom stereocenters. The molecule has 3 rings (SSSR count). The Labute approximate surface area is 136 Å². The molecule has 3 atom stereocenters. The number of para-hydroxylation sites is 1. The lowest BCUT2D eigenvalue weighted by Crippen LogP contribution is -2.54. The number of piperidine rings is 1. The molecule has 1 saturated heterocycles. The van der Waals surface area contributed by atoms with Gasteiger partial charge in [0.25, 0.3) is 0 Å². The van der Waals surface area contributed by atoms with Crippen LogP contribution < -0.4 is 4.90 Å². The van der Waals surface area contributed by atoms with Gasteiger partial charge in [0.1, 0.15) is 6.04 Å². The van der Waals surface area contributed by atoms with E-state index in [0.717, 1.165) is 18.5 Å². The van der Waals surface area contributed by atoms with Gasteiger partial charge in [-0.25, -0.2) is 0 Å². The van der Waals surface area contributed by atoms with Crippen LogP contribution in [0, 0.1) is 5.92 Å². The number of hydrogen-bond acceptors (Lipinski definition) is 3. The number of aliphatic hydroxyl groups excluding tert-OH is 1. The molecule has 23 heavy (non-hydrogen) atoms. The fourth-order valence-corrected chi connectivity index (χ4v) is 3.72. The summed E-state index contributed by atoms with van der Waals surface area (Å²) < 4.78 is 0. The number of carbonyl (C=O) groups is 2. The lowest BCUT2D eigenvalue weighted by Gasteiger charge is -2.38. The summed E-state index contributed by atoms with van der Waals surface area (Å²) in [4.78, 5) is 28.8. The molecule has 0 bridgehead atoms. The van der Waals surface area contributed by atoms with Crippen LogP contribution in [0.2, 0.25) is 0 Å². The van der Waals surface area contributed by atoms with E-state index in [1.54, 1.807) is 16.8 Å². The van der Waals surface area contributed by atoms with Crippen LogP contribution in [-0.2, 0) is 9.59 Å². The molecule has 0 radical (unpaired) electrons. The van der Waals surface area contributed by atoms with Crippen molar-refractivity contribution in [2.45, 2.75) is 44.2 Å².